The second-order valence-electron chi connectivity index (χ2n) is 7.15. The highest BCUT2D eigenvalue weighted by molar-refractivity contribution is 8.04. The predicted molar refractivity (Wildman–Crippen MR) is 107 cm³/mol. The lowest BCUT2D eigenvalue weighted by molar-refractivity contribution is -0.425. The number of aryl methyl sites for hydroxylation is 1. The number of para-hydroxylation sites is 1. The van der Waals surface area contributed by atoms with E-state index in [0.29, 0.717) is 18.2 Å². The van der Waals surface area contributed by atoms with Crippen LogP contribution in [0.2, 0.25) is 0 Å². The maximum Gasteiger partial charge on any atom is 0.501 e. The Balaban J connectivity index is 1.81. The van der Waals surface area contributed by atoms with Gasteiger partial charge in [0.1, 0.15) is 5.71 Å². The van der Waals surface area contributed by atoms with Crippen LogP contribution in [0, 0.1) is 12.8 Å². The van der Waals surface area contributed by atoms with E-state index in [1.807, 2.05) is 36.6 Å². The molecule has 0 aromatic heterocycles. The van der Waals surface area contributed by atoms with Crippen LogP contribution >= 0.6 is 11.8 Å². The zero-order valence-corrected chi connectivity index (χ0v) is 16.6. The number of rotatable bonds is 6. The van der Waals surface area contributed by atoms with Gasteiger partial charge in [0, 0.05) is 5.69 Å². The molecule has 0 spiro atoms. The van der Waals surface area contributed by atoms with Crippen LogP contribution in [-0.4, -0.2) is 51.4 Å². The van der Waals surface area contributed by atoms with E-state index < -0.39 is 11.3 Å². The van der Waals surface area contributed by atoms with E-state index in [1.54, 1.807) is 6.08 Å². The third kappa shape index (κ3) is 4.13. The van der Waals surface area contributed by atoms with E-state index in [9.17, 15) is 14.4 Å². The lowest BCUT2D eigenvalue weighted by atomic mass is 10.1. The Morgan fingerprint density at radius 3 is 2.74 bits per heavy atom. The number of allylic oxidation sites excluding steroid dienone is 1. The Kier molecular flexibility index (Phi) is 5.79. The molecule has 2 aliphatic heterocycles. The summed E-state index contributed by atoms with van der Waals surface area (Å²) in [4.78, 5) is 39.5. The van der Waals surface area contributed by atoms with Crippen molar-refractivity contribution in [3.05, 3.63) is 41.3 Å². The predicted octanol–water partition coefficient (Wildman–Crippen LogP) is 3.02. The van der Waals surface area contributed by atoms with Gasteiger partial charge in [0.05, 0.1) is 6.54 Å². The Bertz CT molecular complexity index is 845. The van der Waals surface area contributed by atoms with E-state index >= 15 is 0 Å². The molecule has 6 nitrogen and oxygen atoms in total. The minimum absolute atomic E-state index is 0.116. The third-order valence-corrected chi connectivity index (χ3v) is 5.65. The molecule has 2 heterocycles. The molecule has 0 fully saturated rings. The number of thioether (sulfide) groups is 1. The van der Waals surface area contributed by atoms with Gasteiger partial charge in [0.2, 0.25) is 0 Å². The van der Waals surface area contributed by atoms with Crippen molar-refractivity contribution in [3.63, 3.8) is 0 Å². The molecule has 4 amide bonds. The highest BCUT2D eigenvalue weighted by Crippen LogP contribution is 2.28. The number of nitrogens with zero attached hydrogens (tertiary/aromatic N) is 2. The molecule has 1 aromatic carbocycles. The van der Waals surface area contributed by atoms with Crippen molar-refractivity contribution >= 4 is 41.0 Å². The quantitative estimate of drug-likeness (QED) is 0.763. The monoisotopic (exact) mass is 386 g/mol. The fraction of sp³-hybridized carbons (Fsp3) is 0.400. The van der Waals surface area contributed by atoms with Gasteiger partial charge in [0.25, 0.3) is 5.91 Å². The molecule has 0 saturated carbocycles. The van der Waals surface area contributed by atoms with Gasteiger partial charge in [-0.2, -0.15) is 14.3 Å². The maximum absolute atomic E-state index is 12.9. The first kappa shape index (κ1) is 19.4. The fourth-order valence-electron chi connectivity index (χ4n) is 3.05. The molecule has 1 unspecified atom stereocenters. The molecular formula is C20H24N3O3S+. The van der Waals surface area contributed by atoms with Crippen molar-refractivity contribution in [2.24, 2.45) is 5.92 Å². The summed E-state index contributed by atoms with van der Waals surface area (Å²) in [5.41, 5.74) is 2.26. The Morgan fingerprint density at radius 2 is 2.04 bits per heavy atom. The molecule has 0 radical (unpaired) electrons. The smallest absolute Gasteiger partial charge is 0.322 e. The molecule has 7 heteroatoms. The third-order valence-electron chi connectivity index (χ3n) is 4.64. The molecule has 1 aromatic rings. The number of carbonyl (C=O) groups is 3. The lowest BCUT2D eigenvalue weighted by Gasteiger charge is -2.24. The summed E-state index contributed by atoms with van der Waals surface area (Å²) in [7, 11) is 0. The summed E-state index contributed by atoms with van der Waals surface area (Å²) in [5.74, 6) is -0.100. The minimum atomic E-state index is -0.443. The molecule has 3 rings (SSSR count). The number of hydrogen-bond acceptors (Lipinski definition) is 4. The van der Waals surface area contributed by atoms with Gasteiger partial charge in [-0.3, -0.25) is 4.79 Å². The first-order chi connectivity index (χ1) is 12.9. The summed E-state index contributed by atoms with van der Waals surface area (Å²) in [6.45, 7) is 6.27. The summed E-state index contributed by atoms with van der Waals surface area (Å²) >= 11 is 1.38. The van der Waals surface area contributed by atoms with E-state index in [2.05, 4.69) is 19.2 Å². The molecule has 142 valence electrons. The van der Waals surface area contributed by atoms with E-state index in [-0.39, 0.29) is 18.4 Å². The molecule has 2 aliphatic rings. The van der Waals surface area contributed by atoms with Crippen LogP contribution in [0.15, 0.2) is 35.7 Å². The van der Waals surface area contributed by atoms with Gasteiger partial charge < -0.3 is 5.32 Å². The highest BCUT2D eigenvalue weighted by atomic mass is 32.2. The van der Waals surface area contributed by atoms with Crippen molar-refractivity contribution in [1.29, 1.82) is 0 Å². The fourth-order valence-corrected chi connectivity index (χ4v) is 4.02. The van der Waals surface area contributed by atoms with Gasteiger partial charge in [-0.05, 0) is 42.4 Å². The van der Waals surface area contributed by atoms with Crippen LogP contribution in [0.4, 0.5) is 10.5 Å². The zero-order valence-electron chi connectivity index (χ0n) is 15.8. The Morgan fingerprint density at radius 1 is 1.30 bits per heavy atom. The highest BCUT2D eigenvalue weighted by Gasteiger charge is 2.49. The number of fused-ring (bicyclic) bond motifs is 1. The number of benzene rings is 1. The van der Waals surface area contributed by atoms with Crippen LogP contribution < -0.4 is 5.32 Å². The largest absolute Gasteiger partial charge is 0.501 e. The molecule has 1 atom stereocenters. The number of anilines is 1. The molecule has 0 bridgehead atoms. The maximum atomic E-state index is 12.9. The van der Waals surface area contributed by atoms with E-state index in [1.165, 1.54) is 21.2 Å². The SMILES string of the molecule is Cc1ccccc1NC(=O)C[N+]1=C2C=CSC2C(=O)N(CCC(C)C)C1=O. The number of hydrogen-bond donors (Lipinski definition) is 1. The van der Waals surface area contributed by atoms with Crippen LogP contribution in [0.5, 0.6) is 0 Å². The average Bonchev–Trinajstić information content (AvgIpc) is 3.10. The van der Waals surface area contributed by atoms with Gasteiger partial charge in [-0.1, -0.05) is 32.0 Å². The van der Waals surface area contributed by atoms with Crippen molar-refractivity contribution in [2.75, 3.05) is 18.4 Å². The van der Waals surface area contributed by atoms with Gasteiger partial charge in [-0.25, -0.2) is 4.79 Å². The van der Waals surface area contributed by atoms with Crippen LogP contribution in [0.3, 0.4) is 0 Å². The van der Waals surface area contributed by atoms with Crippen molar-refractivity contribution < 1.29 is 19.0 Å². The van der Waals surface area contributed by atoms with Gasteiger partial charge in [0.15, 0.2) is 11.8 Å². The minimum Gasteiger partial charge on any atom is -0.322 e. The number of imide groups is 1. The van der Waals surface area contributed by atoms with Crippen molar-refractivity contribution in [3.8, 4) is 0 Å². The summed E-state index contributed by atoms with van der Waals surface area (Å²) in [5, 5.41) is 4.22. The lowest BCUT2D eigenvalue weighted by Crippen LogP contribution is -2.56. The molecular weight excluding hydrogens is 362 g/mol. The number of carbonyl (C=O) groups excluding carboxylic acids is 3. The normalized spacial score (nSPS) is 19.1. The molecule has 0 saturated heterocycles. The van der Waals surface area contributed by atoms with Crippen LogP contribution in [0.25, 0.3) is 0 Å². The Labute approximate surface area is 163 Å². The van der Waals surface area contributed by atoms with E-state index in [4.69, 9.17) is 0 Å². The van der Waals surface area contributed by atoms with E-state index in [0.717, 1.165) is 17.7 Å². The second-order valence-corrected chi connectivity index (χ2v) is 8.16. The topological polar surface area (TPSA) is 69.5 Å². The van der Waals surface area contributed by atoms with Gasteiger partial charge >= 0.3 is 11.9 Å². The summed E-state index contributed by atoms with van der Waals surface area (Å²) in [6.07, 6.45) is 2.49. The second kappa shape index (κ2) is 8.08. The Hall–Kier alpha value is -2.41. The van der Waals surface area contributed by atoms with Crippen molar-refractivity contribution in [2.45, 2.75) is 32.4 Å². The number of nitrogens with one attached hydrogen (secondary N) is 1. The number of amides is 4. The summed E-state index contributed by atoms with van der Waals surface area (Å²) in [6, 6.07) is 7.07. The van der Waals surface area contributed by atoms with Crippen LogP contribution in [0.1, 0.15) is 25.8 Å². The molecule has 27 heavy (non-hydrogen) atoms. The van der Waals surface area contributed by atoms with Crippen LogP contribution in [-0.2, 0) is 9.59 Å². The first-order valence-electron chi connectivity index (χ1n) is 9.05. The first-order valence-corrected chi connectivity index (χ1v) is 10.00. The standard InChI is InChI=1S/C20H23N3O3S/c1-13(2)8-10-22-19(25)18-16(9-11-27-18)23(20(22)26)12-17(24)21-15-7-5-4-6-14(15)3/h4-7,9,11,13,18H,8,10,12H2,1-3H3/p+1. The molecule has 0 aliphatic carbocycles. The molecule has 1 N–H and O–H groups in total. The number of urea groups is 1. The van der Waals surface area contributed by atoms with Crippen molar-refractivity contribution in [1.82, 2.24) is 4.90 Å². The average molecular weight is 386 g/mol. The zero-order chi connectivity index (χ0) is 19.6. The van der Waals surface area contributed by atoms with Gasteiger partial charge in [-0.15, -0.1) is 11.8 Å². The summed E-state index contributed by atoms with van der Waals surface area (Å²) < 4.78 is 1.43.